The molecule has 1 fully saturated rings. The van der Waals surface area contributed by atoms with Gasteiger partial charge in [-0.05, 0) is 29.8 Å². The summed E-state index contributed by atoms with van der Waals surface area (Å²) in [4.78, 5) is 11.4. The second-order valence-corrected chi connectivity index (χ2v) is 7.68. The van der Waals surface area contributed by atoms with E-state index in [1.165, 1.54) is 40.6 Å². The lowest BCUT2D eigenvalue weighted by Crippen LogP contribution is -2.61. The molecule has 2 aromatic carbocycles. The summed E-state index contributed by atoms with van der Waals surface area (Å²) >= 11 is 0. The fourth-order valence-electron chi connectivity index (χ4n) is 3.63. The molecule has 0 spiro atoms. The molecule has 1 saturated heterocycles. The number of phenols is 1. The van der Waals surface area contributed by atoms with E-state index >= 15 is 0 Å². The molecule has 12 nitrogen and oxygen atoms in total. The van der Waals surface area contributed by atoms with Crippen LogP contribution < -0.4 is 23.7 Å². The van der Waals surface area contributed by atoms with Crippen LogP contribution in [0.25, 0.3) is 12.2 Å². The summed E-state index contributed by atoms with van der Waals surface area (Å²) < 4.78 is 31.9. The first-order valence-corrected chi connectivity index (χ1v) is 10.6. The van der Waals surface area contributed by atoms with Crippen LogP contribution in [0.3, 0.4) is 0 Å². The SMILES string of the molecule is COc1cc(/C=C\c2ccc(OC)c(O[C@@H]3O[C@H](C(=O)O)[C@@H](O)[C@H](O)[C@H]3O)c2O)cc(OC)c1OC. The van der Waals surface area contributed by atoms with E-state index in [0.29, 0.717) is 22.8 Å². The molecule has 5 N–H and O–H groups in total. The number of rotatable bonds is 9. The van der Waals surface area contributed by atoms with Crippen molar-refractivity contribution in [2.75, 3.05) is 28.4 Å². The van der Waals surface area contributed by atoms with Crippen molar-refractivity contribution in [3.63, 3.8) is 0 Å². The number of hydrogen-bond acceptors (Lipinski definition) is 11. The Kier molecular flexibility index (Phi) is 8.48. The standard InChI is InChI=1S/C24H28O12/c1-31-13-8-7-12(6-5-11-9-14(32-2)20(34-4)15(10-11)33-3)16(25)21(13)35-24-19(28)17(26)18(27)22(36-24)23(29)30/h5-10,17-19,22,24-28H,1-4H3,(H,29,30)/b6-5-/t17-,18-,19+,22-,24+/m0/s1. The number of aliphatic hydroxyl groups excluding tert-OH is 3. The zero-order chi connectivity index (χ0) is 26.6. The van der Waals surface area contributed by atoms with Gasteiger partial charge in [0.15, 0.2) is 29.1 Å². The summed E-state index contributed by atoms with van der Waals surface area (Å²) in [5, 5.41) is 50.3. The molecule has 3 rings (SSSR count). The van der Waals surface area contributed by atoms with Crippen LogP contribution in [0.4, 0.5) is 0 Å². The highest BCUT2D eigenvalue weighted by Crippen LogP contribution is 2.42. The number of carbonyl (C=O) groups is 1. The Morgan fingerprint density at radius 3 is 1.97 bits per heavy atom. The number of phenolic OH excluding ortho intramolecular Hbond substituents is 1. The number of carboxylic acids is 1. The minimum absolute atomic E-state index is 0.0423. The maximum absolute atomic E-state index is 11.4. The summed E-state index contributed by atoms with van der Waals surface area (Å²) in [7, 11) is 5.76. The number of hydrogen-bond donors (Lipinski definition) is 5. The highest BCUT2D eigenvalue weighted by molar-refractivity contribution is 5.77. The fourth-order valence-corrected chi connectivity index (χ4v) is 3.63. The Balaban J connectivity index is 1.95. The van der Waals surface area contributed by atoms with Crippen LogP contribution in [-0.4, -0.2) is 90.6 Å². The van der Waals surface area contributed by atoms with Crippen LogP contribution in [0.1, 0.15) is 11.1 Å². The minimum Gasteiger partial charge on any atom is -0.504 e. The van der Waals surface area contributed by atoms with Crippen molar-refractivity contribution in [3.8, 4) is 34.5 Å². The fraction of sp³-hybridized carbons (Fsp3) is 0.375. The molecule has 0 aromatic heterocycles. The van der Waals surface area contributed by atoms with Gasteiger partial charge in [-0.15, -0.1) is 0 Å². The Bertz CT molecular complexity index is 1090. The van der Waals surface area contributed by atoms with E-state index in [2.05, 4.69) is 0 Å². The van der Waals surface area contributed by atoms with Crippen molar-refractivity contribution in [2.45, 2.75) is 30.7 Å². The van der Waals surface area contributed by atoms with Crippen LogP contribution in [-0.2, 0) is 9.53 Å². The predicted octanol–water partition coefficient (Wildman–Crippen LogP) is 0.868. The van der Waals surface area contributed by atoms with Gasteiger partial charge in [0.2, 0.25) is 17.8 Å². The van der Waals surface area contributed by atoms with Gasteiger partial charge in [-0.3, -0.25) is 0 Å². The van der Waals surface area contributed by atoms with E-state index in [1.54, 1.807) is 24.3 Å². The number of aliphatic hydroxyl groups is 3. The van der Waals surface area contributed by atoms with E-state index < -0.39 is 42.4 Å². The quantitative estimate of drug-likeness (QED) is 0.303. The summed E-state index contributed by atoms with van der Waals surface area (Å²) in [5.74, 6) is -0.949. The van der Waals surface area contributed by atoms with Gasteiger partial charge in [-0.25, -0.2) is 4.79 Å². The molecule has 1 aliphatic rings. The lowest BCUT2D eigenvalue weighted by atomic mass is 9.99. The highest BCUT2D eigenvalue weighted by Gasteiger charge is 2.48. The van der Waals surface area contributed by atoms with Crippen LogP contribution in [0.2, 0.25) is 0 Å². The summed E-state index contributed by atoms with van der Waals surface area (Å²) in [6.07, 6.45) is -5.98. The van der Waals surface area contributed by atoms with Gasteiger partial charge in [-0.1, -0.05) is 12.2 Å². The summed E-state index contributed by atoms with van der Waals surface area (Å²) in [5.41, 5.74) is 0.912. The average Bonchev–Trinajstić information content (AvgIpc) is 2.88. The third-order valence-corrected chi connectivity index (χ3v) is 5.54. The van der Waals surface area contributed by atoms with Crippen molar-refractivity contribution in [1.29, 1.82) is 0 Å². The van der Waals surface area contributed by atoms with E-state index in [4.69, 9.17) is 28.4 Å². The number of carboxylic acid groups (broad SMARTS) is 1. The van der Waals surface area contributed by atoms with Gasteiger partial charge in [0, 0.05) is 5.56 Å². The monoisotopic (exact) mass is 508 g/mol. The number of benzene rings is 2. The molecule has 2 aromatic rings. The first kappa shape index (κ1) is 26.9. The molecule has 1 aliphatic heterocycles. The van der Waals surface area contributed by atoms with Crippen molar-refractivity contribution in [1.82, 2.24) is 0 Å². The third-order valence-electron chi connectivity index (χ3n) is 5.54. The van der Waals surface area contributed by atoms with Gasteiger partial charge in [0.25, 0.3) is 0 Å². The Hall–Kier alpha value is -3.71. The predicted molar refractivity (Wildman–Crippen MR) is 125 cm³/mol. The second-order valence-electron chi connectivity index (χ2n) is 7.68. The molecule has 0 amide bonds. The lowest BCUT2D eigenvalue weighted by Gasteiger charge is -2.38. The maximum atomic E-state index is 11.4. The maximum Gasteiger partial charge on any atom is 0.335 e. The van der Waals surface area contributed by atoms with E-state index in [-0.39, 0.29) is 17.1 Å². The number of aromatic hydroxyl groups is 1. The van der Waals surface area contributed by atoms with Crippen LogP contribution in [0.5, 0.6) is 34.5 Å². The first-order chi connectivity index (χ1) is 17.2. The third kappa shape index (κ3) is 5.26. The second kappa shape index (κ2) is 11.4. The van der Waals surface area contributed by atoms with Crippen LogP contribution in [0, 0.1) is 0 Å². The van der Waals surface area contributed by atoms with Gasteiger partial charge < -0.3 is 54.0 Å². The summed E-state index contributed by atoms with van der Waals surface area (Å²) in [6.45, 7) is 0. The number of aliphatic carboxylic acids is 1. The topological polar surface area (TPSA) is 174 Å². The summed E-state index contributed by atoms with van der Waals surface area (Å²) in [6, 6.07) is 6.40. The first-order valence-electron chi connectivity index (χ1n) is 10.6. The molecule has 0 bridgehead atoms. The number of ether oxygens (including phenoxy) is 6. The average molecular weight is 508 g/mol. The molecule has 1 heterocycles. The van der Waals surface area contributed by atoms with Gasteiger partial charge in [0.1, 0.15) is 18.3 Å². The Morgan fingerprint density at radius 1 is 0.833 bits per heavy atom. The zero-order valence-electron chi connectivity index (χ0n) is 19.9. The van der Waals surface area contributed by atoms with Crippen molar-refractivity contribution >= 4 is 18.1 Å². The largest absolute Gasteiger partial charge is 0.504 e. The molecule has 0 unspecified atom stereocenters. The number of methoxy groups -OCH3 is 4. The van der Waals surface area contributed by atoms with E-state index in [9.17, 15) is 30.3 Å². The Morgan fingerprint density at radius 2 is 1.44 bits per heavy atom. The molecule has 12 heteroatoms. The van der Waals surface area contributed by atoms with E-state index in [1.807, 2.05) is 0 Å². The molecule has 196 valence electrons. The Labute approximate surface area is 206 Å². The molecule has 0 radical (unpaired) electrons. The van der Waals surface area contributed by atoms with Crippen molar-refractivity contribution in [2.24, 2.45) is 0 Å². The van der Waals surface area contributed by atoms with E-state index in [0.717, 1.165) is 0 Å². The van der Waals surface area contributed by atoms with Gasteiger partial charge >= 0.3 is 5.97 Å². The van der Waals surface area contributed by atoms with Crippen LogP contribution in [0.15, 0.2) is 24.3 Å². The van der Waals surface area contributed by atoms with Crippen LogP contribution >= 0.6 is 0 Å². The van der Waals surface area contributed by atoms with Gasteiger partial charge in [0.05, 0.1) is 28.4 Å². The van der Waals surface area contributed by atoms with Crippen molar-refractivity contribution in [3.05, 3.63) is 35.4 Å². The minimum atomic E-state index is -1.89. The smallest absolute Gasteiger partial charge is 0.335 e. The van der Waals surface area contributed by atoms with Gasteiger partial charge in [-0.2, -0.15) is 0 Å². The molecule has 0 saturated carbocycles. The zero-order valence-corrected chi connectivity index (χ0v) is 19.9. The molecule has 5 atom stereocenters. The molecule has 0 aliphatic carbocycles. The molecular formula is C24H28O12. The van der Waals surface area contributed by atoms with Crippen molar-refractivity contribution < 1.29 is 58.7 Å². The molecular weight excluding hydrogens is 480 g/mol. The normalized spacial score (nSPS) is 23.8. The lowest BCUT2D eigenvalue weighted by molar-refractivity contribution is -0.271. The molecule has 36 heavy (non-hydrogen) atoms. The highest BCUT2D eigenvalue weighted by atomic mass is 16.7.